The van der Waals surface area contributed by atoms with Gasteiger partial charge in [0, 0.05) is 31.1 Å². The molecule has 4 rings (SSSR count). The normalized spacial score (nSPS) is 18.0. The number of nitrogens with zero attached hydrogens (tertiary/aromatic N) is 2. The highest BCUT2D eigenvalue weighted by molar-refractivity contribution is 5.94. The molecule has 2 aromatic carbocycles. The molecule has 164 valence electrons. The highest BCUT2D eigenvalue weighted by atomic mass is 16.3. The lowest BCUT2D eigenvalue weighted by Gasteiger charge is -2.31. The number of anilines is 1. The minimum atomic E-state index is -0.0529. The third-order valence-electron chi connectivity index (χ3n) is 6.34. The summed E-state index contributed by atoms with van der Waals surface area (Å²) >= 11 is 0. The van der Waals surface area contributed by atoms with Crippen molar-refractivity contribution in [2.45, 2.75) is 38.6 Å². The number of likely N-dealkylation sites (tertiary alicyclic amines) is 2. The maximum absolute atomic E-state index is 12.8. The molecule has 2 aromatic rings. The lowest BCUT2D eigenvalue weighted by atomic mass is 9.95. The zero-order valence-corrected chi connectivity index (χ0v) is 17.9. The van der Waals surface area contributed by atoms with Crippen LogP contribution >= 0.6 is 0 Å². The molecule has 2 N–H and O–H groups in total. The van der Waals surface area contributed by atoms with Crippen molar-refractivity contribution < 1.29 is 14.7 Å². The molecule has 2 saturated heterocycles. The first kappa shape index (κ1) is 21.4. The fraction of sp³-hybridized carbons (Fsp3) is 0.440. The summed E-state index contributed by atoms with van der Waals surface area (Å²) in [7, 11) is 0. The van der Waals surface area contributed by atoms with Gasteiger partial charge in [-0.05, 0) is 75.0 Å². The van der Waals surface area contributed by atoms with Crippen molar-refractivity contribution >= 4 is 17.5 Å². The molecule has 0 bridgehead atoms. The minimum Gasteiger partial charge on any atom is -0.506 e. The second kappa shape index (κ2) is 9.96. The van der Waals surface area contributed by atoms with E-state index in [1.807, 2.05) is 23.1 Å². The van der Waals surface area contributed by atoms with Crippen molar-refractivity contribution in [1.29, 1.82) is 0 Å². The number of phenolic OH excluding ortho intramolecular Hbond substituents is 1. The number of benzene rings is 2. The summed E-state index contributed by atoms with van der Waals surface area (Å²) in [4.78, 5) is 29.7. The van der Waals surface area contributed by atoms with Crippen molar-refractivity contribution in [3.63, 3.8) is 0 Å². The number of amides is 2. The number of para-hydroxylation sites is 2. The molecule has 31 heavy (non-hydrogen) atoms. The molecule has 0 spiro atoms. The van der Waals surface area contributed by atoms with Crippen LogP contribution in [0, 0.1) is 5.92 Å². The first-order valence-corrected chi connectivity index (χ1v) is 11.3. The molecule has 2 amide bonds. The topological polar surface area (TPSA) is 72.9 Å². The second-order valence-electron chi connectivity index (χ2n) is 8.61. The van der Waals surface area contributed by atoms with E-state index in [2.05, 4.69) is 16.3 Å². The zero-order chi connectivity index (χ0) is 21.6. The Bertz CT molecular complexity index is 916. The SMILES string of the molecule is O=C(Nc1ccccc1O)C1CCN(Cc2cccc(C(=O)N3CCCCC3)c2)CC1. The van der Waals surface area contributed by atoms with Gasteiger partial charge < -0.3 is 15.3 Å². The van der Waals surface area contributed by atoms with E-state index in [9.17, 15) is 14.7 Å². The molecule has 0 saturated carbocycles. The van der Waals surface area contributed by atoms with Crippen LogP contribution in [0.1, 0.15) is 48.0 Å². The van der Waals surface area contributed by atoms with E-state index in [-0.39, 0.29) is 23.5 Å². The van der Waals surface area contributed by atoms with Gasteiger partial charge in [0.2, 0.25) is 5.91 Å². The third-order valence-corrected chi connectivity index (χ3v) is 6.34. The van der Waals surface area contributed by atoms with Gasteiger partial charge in [-0.25, -0.2) is 0 Å². The molecule has 0 radical (unpaired) electrons. The average Bonchev–Trinajstić information content (AvgIpc) is 2.81. The van der Waals surface area contributed by atoms with E-state index < -0.39 is 0 Å². The number of aromatic hydroxyl groups is 1. The average molecular weight is 422 g/mol. The maximum Gasteiger partial charge on any atom is 0.253 e. The first-order valence-electron chi connectivity index (χ1n) is 11.3. The Hall–Kier alpha value is -2.86. The molecule has 0 aromatic heterocycles. The van der Waals surface area contributed by atoms with E-state index in [4.69, 9.17) is 0 Å². The van der Waals surface area contributed by atoms with Crippen LogP contribution in [0.15, 0.2) is 48.5 Å². The summed E-state index contributed by atoms with van der Waals surface area (Å²) in [5.74, 6) is 0.145. The van der Waals surface area contributed by atoms with E-state index in [0.29, 0.717) is 5.69 Å². The van der Waals surface area contributed by atoms with Crippen LogP contribution in [-0.4, -0.2) is 52.9 Å². The maximum atomic E-state index is 12.8. The highest BCUT2D eigenvalue weighted by Gasteiger charge is 2.26. The predicted molar refractivity (Wildman–Crippen MR) is 121 cm³/mol. The monoisotopic (exact) mass is 421 g/mol. The molecule has 6 heteroatoms. The molecule has 2 aliphatic rings. The van der Waals surface area contributed by atoms with Crippen LogP contribution in [0.5, 0.6) is 5.75 Å². The van der Waals surface area contributed by atoms with Gasteiger partial charge in [-0.15, -0.1) is 0 Å². The molecular formula is C25H31N3O3. The molecule has 0 aliphatic carbocycles. The number of hydrogen-bond acceptors (Lipinski definition) is 4. The van der Waals surface area contributed by atoms with E-state index in [0.717, 1.165) is 69.5 Å². The summed E-state index contributed by atoms with van der Waals surface area (Å²) in [5.41, 5.74) is 2.38. The summed E-state index contributed by atoms with van der Waals surface area (Å²) in [6, 6.07) is 14.8. The summed E-state index contributed by atoms with van der Waals surface area (Å²) in [6.07, 6.45) is 4.97. The van der Waals surface area contributed by atoms with Crippen LogP contribution in [0.2, 0.25) is 0 Å². The lowest BCUT2D eigenvalue weighted by Crippen LogP contribution is -2.38. The quantitative estimate of drug-likeness (QED) is 0.719. The predicted octanol–water partition coefficient (Wildman–Crippen LogP) is 3.87. The molecule has 2 aliphatic heterocycles. The van der Waals surface area contributed by atoms with Gasteiger partial charge in [-0.1, -0.05) is 24.3 Å². The number of phenols is 1. The van der Waals surface area contributed by atoms with Crippen LogP contribution in [0.4, 0.5) is 5.69 Å². The van der Waals surface area contributed by atoms with Crippen LogP contribution in [0.25, 0.3) is 0 Å². The van der Waals surface area contributed by atoms with Crippen molar-refractivity contribution in [2.24, 2.45) is 5.92 Å². The Balaban J connectivity index is 1.29. The van der Waals surface area contributed by atoms with Gasteiger partial charge in [-0.2, -0.15) is 0 Å². The fourth-order valence-corrected chi connectivity index (χ4v) is 4.51. The van der Waals surface area contributed by atoms with E-state index >= 15 is 0 Å². The number of carbonyl (C=O) groups is 2. The lowest BCUT2D eigenvalue weighted by molar-refractivity contribution is -0.121. The van der Waals surface area contributed by atoms with Gasteiger partial charge in [-0.3, -0.25) is 14.5 Å². The number of nitrogens with one attached hydrogen (secondary N) is 1. The zero-order valence-electron chi connectivity index (χ0n) is 17.9. The second-order valence-corrected chi connectivity index (χ2v) is 8.61. The van der Waals surface area contributed by atoms with Gasteiger partial charge in [0.25, 0.3) is 5.91 Å². The fourth-order valence-electron chi connectivity index (χ4n) is 4.51. The smallest absolute Gasteiger partial charge is 0.253 e. The Morgan fingerprint density at radius 1 is 0.935 bits per heavy atom. The summed E-state index contributed by atoms with van der Waals surface area (Å²) in [5, 5.41) is 12.7. The molecular weight excluding hydrogens is 390 g/mol. The van der Waals surface area contributed by atoms with Crippen LogP contribution in [-0.2, 0) is 11.3 Å². The van der Waals surface area contributed by atoms with Crippen molar-refractivity contribution in [3.05, 3.63) is 59.7 Å². The Morgan fingerprint density at radius 3 is 2.42 bits per heavy atom. The Kier molecular flexibility index (Phi) is 6.87. The van der Waals surface area contributed by atoms with E-state index in [1.54, 1.807) is 24.3 Å². The molecule has 2 heterocycles. The Morgan fingerprint density at radius 2 is 1.68 bits per heavy atom. The van der Waals surface area contributed by atoms with Crippen molar-refractivity contribution in [2.75, 3.05) is 31.5 Å². The number of carbonyl (C=O) groups excluding carboxylic acids is 2. The minimum absolute atomic E-state index is 0.0322. The molecule has 2 fully saturated rings. The van der Waals surface area contributed by atoms with Gasteiger partial charge in [0.05, 0.1) is 5.69 Å². The Labute approximate surface area is 183 Å². The third kappa shape index (κ3) is 5.44. The van der Waals surface area contributed by atoms with Crippen molar-refractivity contribution in [3.8, 4) is 5.75 Å². The van der Waals surface area contributed by atoms with Gasteiger partial charge in [0.1, 0.15) is 5.75 Å². The molecule has 0 unspecified atom stereocenters. The number of hydrogen-bond donors (Lipinski definition) is 2. The molecule has 0 atom stereocenters. The standard InChI is InChI=1S/C25H31N3O3/c29-23-10-3-2-9-22(23)26-24(30)20-11-15-27(16-12-20)18-19-7-6-8-21(17-19)25(31)28-13-4-1-5-14-28/h2-3,6-10,17,20,29H,1,4-5,11-16,18H2,(H,26,30). The molecule has 6 nitrogen and oxygen atoms in total. The number of piperidine rings is 2. The largest absolute Gasteiger partial charge is 0.506 e. The number of rotatable bonds is 5. The van der Waals surface area contributed by atoms with E-state index in [1.165, 1.54) is 6.42 Å². The first-order chi connectivity index (χ1) is 15.1. The van der Waals surface area contributed by atoms with Gasteiger partial charge in [0.15, 0.2) is 0 Å². The summed E-state index contributed by atoms with van der Waals surface area (Å²) in [6.45, 7) is 4.18. The summed E-state index contributed by atoms with van der Waals surface area (Å²) < 4.78 is 0. The van der Waals surface area contributed by atoms with Gasteiger partial charge >= 0.3 is 0 Å². The van der Waals surface area contributed by atoms with Crippen LogP contribution in [0.3, 0.4) is 0 Å². The highest BCUT2D eigenvalue weighted by Crippen LogP contribution is 2.25. The van der Waals surface area contributed by atoms with Crippen LogP contribution < -0.4 is 5.32 Å². The van der Waals surface area contributed by atoms with Crippen molar-refractivity contribution in [1.82, 2.24) is 9.80 Å².